The van der Waals surface area contributed by atoms with Gasteiger partial charge in [0.1, 0.15) is 0 Å². The van der Waals surface area contributed by atoms with E-state index in [4.69, 9.17) is 0 Å². The molecule has 2 heterocycles. The van der Waals surface area contributed by atoms with Gasteiger partial charge >= 0.3 is 6.03 Å². The minimum absolute atomic E-state index is 0.151. The van der Waals surface area contributed by atoms with Gasteiger partial charge in [-0.1, -0.05) is 37.3 Å². The number of hydrogen-bond donors (Lipinski definition) is 1. The lowest BCUT2D eigenvalue weighted by Crippen LogP contribution is -2.51. The fourth-order valence-corrected chi connectivity index (χ4v) is 3.72. The van der Waals surface area contributed by atoms with Gasteiger partial charge in [-0.2, -0.15) is 0 Å². The second kappa shape index (κ2) is 7.82. The van der Waals surface area contributed by atoms with Crippen LogP contribution in [0.2, 0.25) is 0 Å². The van der Waals surface area contributed by atoms with Gasteiger partial charge in [-0.3, -0.25) is 4.90 Å². The van der Waals surface area contributed by atoms with Crippen molar-refractivity contribution in [2.45, 2.75) is 45.2 Å². The van der Waals surface area contributed by atoms with Gasteiger partial charge in [0.15, 0.2) is 0 Å². The average molecular weight is 315 g/mol. The van der Waals surface area contributed by atoms with Crippen LogP contribution < -0.4 is 5.32 Å². The van der Waals surface area contributed by atoms with Crippen molar-refractivity contribution in [1.29, 1.82) is 0 Å². The Hall–Kier alpha value is -1.55. The van der Waals surface area contributed by atoms with Crippen LogP contribution in [-0.4, -0.2) is 48.1 Å². The molecular formula is C19H29N3O. The number of benzene rings is 1. The Morgan fingerprint density at radius 1 is 1.13 bits per heavy atom. The normalized spacial score (nSPS) is 23.7. The van der Waals surface area contributed by atoms with E-state index in [0.717, 1.165) is 52.0 Å². The van der Waals surface area contributed by atoms with E-state index in [2.05, 4.69) is 47.5 Å². The Bertz CT molecular complexity index is 497. The van der Waals surface area contributed by atoms with Crippen LogP contribution in [0.4, 0.5) is 4.79 Å². The number of nitrogens with one attached hydrogen (secondary N) is 1. The molecular weight excluding hydrogens is 286 g/mol. The molecule has 126 valence electrons. The summed E-state index contributed by atoms with van der Waals surface area (Å²) >= 11 is 0. The predicted octanol–water partition coefficient (Wildman–Crippen LogP) is 3.09. The molecule has 0 spiro atoms. The molecule has 2 amide bonds. The number of amides is 2. The number of piperidine rings is 2. The van der Waals surface area contributed by atoms with Crippen molar-refractivity contribution in [2.75, 3.05) is 26.2 Å². The molecule has 1 atom stereocenters. The minimum Gasteiger partial charge on any atom is -0.335 e. The highest BCUT2D eigenvalue weighted by molar-refractivity contribution is 5.74. The highest BCUT2D eigenvalue weighted by atomic mass is 16.2. The number of carbonyl (C=O) groups is 1. The van der Waals surface area contributed by atoms with Crippen LogP contribution in [0, 0.1) is 5.92 Å². The van der Waals surface area contributed by atoms with E-state index in [1.54, 1.807) is 0 Å². The monoisotopic (exact) mass is 315 g/mol. The lowest BCUT2D eigenvalue weighted by molar-refractivity contribution is 0.152. The first-order valence-electron chi connectivity index (χ1n) is 9.02. The molecule has 0 saturated carbocycles. The molecule has 4 nitrogen and oxygen atoms in total. The smallest absolute Gasteiger partial charge is 0.317 e. The summed E-state index contributed by atoms with van der Waals surface area (Å²) in [7, 11) is 0. The van der Waals surface area contributed by atoms with Crippen LogP contribution in [0.25, 0.3) is 0 Å². The van der Waals surface area contributed by atoms with Crippen molar-refractivity contribution < 1.29 is 4.79 Å². The molecule has 1 unspecified atom stereocenters. The maximum atomic E-state index is 12.4. The van der Waals surface area contributed by atoms with Gasteiger partial charge < -0.3 is 10.2 Å². The zero-order chi connectivity index (χ0) is 16.1. The summed E-state index contributed by atoms with van der Waals surface area (Å²) in [6, 6.07) is 11.1. The molecule has 0 aromatic heterocycles. The number of urea groups is 1. The van der Waals surface area contributed by atoms with E-state index in [0.29, 0.717) is 12.0 Å². The molecule has 2 aliphatic rings. The summed E-state index contributed by atoms with van der Waals surface area (Å²) in [6.45, 7) is 7.22. The van der Waals surface area contributed by atoms with Crippen molar-refractivity contribution in [2.24, 2.45) is 5.92 Å². The van der Waals surface area contributed by atoms with Crippen molar-refractivity contribution >= 4 is 6.03 Å². The van der Waals surface area contributed by atoms with Gasteiger partial charge in [0.25, 0.3) is 0 Å². The molecule has 0 aliphatic carbocycles. The van der Waals surface area contributed by atoms with E-state index in [1.165, 1.54) is 12.0 Å². The van der Waals surface area contributed by atoms with Gasteiger partial charge in [-0.25, -0.2) is 4.79 Å². The number of carbonyl (C=O) groups excluding carboxylic acids is 1. The van der Waals surface area contributed by atoms with Crippen LogP contribution >= 0.6 is 0 Å². The third-order valence-electron chi connectivity index (χ3n) is 5.11. The number of rotatable bonds is 3. The first kappa shape index (κ1) is 16.3. The standard InChI is InChI=1S/C19H29N3O/c1-16-6-5-11-22(14-16)19(23)20-18-9-12-21(13-10-18)15-17-7-3-2-4-8-17/h2-4,7-8,16,18H,5-6,9-15H2,1H3,(H,20,23). The van der Waals surface area contributed by atoms with Crippen LogP contribution in [-0.2, 0) is 6.54 Å². The Kier molecular flexibility index (Phi) is 5.55. The number of nitrogens with zero attached hydrogens (tertiary/aromatic N) is 2. The van der Waals surface area contributed by atoms with Crippen LogP contribution in [0.15, 0.2) is 30.3 Å². The van der Waals surface area contributed by atoms with E-state index >= 15 is 0 Å². The molecule has 4 heteroatoms. The topological polar surface area (TPSA) is 35.6 Å². The zero-order valence-corrected chi connectivity index (χ0v) is 14.2. The average Bonchev–Trinajstić information content (AvgIpc) is 2.57. The fraction of sp³-hybridized carbons (Fsp3) is 0.632. The number of hydrogen-bond acceptors (Lipinski definition) is 2. The molecule has 3 rings (SSSR count). The summed E-state index contributed by atoms with van der Waals surface area (Å²) in [5, 5.41) is 3.25. The third kappa shape index (κ3) is 4.71. The molecule has 1 N–H and O–H groups in total. The van der Waals surface area contributed by atoms with Crippen molar-refractivity contribution in [1.82, 2.24) is 15.1 Å². The number of likely N-dealkylation sites (tertiary alicyclic amines) is 2. The molecule has 1 aromatic carbocycles. The van der Waals surface area contributed by atoms with E-state index in [9.17, 15) is 4.79 Å². The highest BCUT2D eigenvalue weighted by Crippen LogP contribution is 2.17. The second-order valence-corrected chi connectivity index (χ2v) is 7.18. The summed E-state index contributed by atoms with van der Waals surface area (Å²) in [4.78, 5) is 16.9. The predicted molar refractivity (Wildman–Crippen MR) is 93.2 cm³/mol. The van der Waals surface area contributed by atoms with Crippen molar-refractivity contribution in [3.8, 4) is 0 Å². The second-order valence-electron chi connectivity index (χ2n) is 7.18. The Morgan fingerprint density at radius 3 is 2.57 bits per heavy atom. The molecule has 0 bridgehead atoms. The SMILES string of the molecule is CC1CCCN(C(=O)NC2CCN(Cc3ccccc3)CC2)C1. The lowest BCUT2D eigenvalue weighted by atomic mass is 10.0. The molecule has 1 aromatic rings. The Labute approximate surface area is 139 Å². The van der Waals surface area contributed by atoms with E-state index in [1.807, 2.05) is 4.90 Å². The van der Waals surface area contributed by atoms with E-state index < -0.39 is 0 Å². The first-order valence-corrected chi connectivity index (χ1v) is 9.02. The molecule has 2 fully saturated rings. The van der Waals surface area contributed by atoms with Gasteiger partial charge in [-0.15, -0.1) is 0 Å². The lowest BCUT2D eigenvalue weighted by Gasteiger charge is -2.35. The van der Waals surface area contributed by atoms with Crippen LogP contribution in [0.3, 0.4) is 0 Å². The fourth-order valence-electron chi connectivity index (χ4n) is 3.72. The summed E-state index contributed by atoms with van der Waals surface area (Å²) < 4.78 is 0. The summed E-state index contributed by atoms with van der Waals surface area (Å²) in [5.41, 5.74) is 1.37. The summed E-state index contributed by atoms with van der Waals surface area (Å²) in [5.74, 6) is 0.641. The van der Waals surface area contributed by atoms with Crippen molar-refractivity contribution in [3.05, 3.63) is 35.9 Å². The maximum absolute atomic E-state index is 12.4. The summed E-state index contributed by atoms with van der Waals surface area (Å²) in [6.07, 6.45) is 4.51. The molecule has 0 radical (unpaired) electrons. The van der Waals surface area contributed by atoms with Crippen molar-refractivity contribution in [3.63, 3.8) is 0 Å². The molecule has 2 aliphatic heterocycles. The highest BCUT2D eigenvalue weighted by Gasteiger charge is 2.25. The van der Waals surface area contributed by atoms with Gasteiger partial charge in [-0.05, 0) is 37.2 Å². The molecule has 23 heavy (non-hydrogen) atoms. The minimum atomic E-state index is 0.151. The Balaban J connectivity index is 1.41. The van der Waals surface area contributed by atoms with Crippen LogP contribution in [0.1, 0.15) is 38.2 Å². The van der Waals surface area contributed by atoms with Crippen LogP contribution in [0.5, 0.6) is 0 Å². The Morgan fingerprint density at radius 2 is 1.87 bits per heavy atom. The first-order chi connectivity index (χ1) is 11.2. The van der Waals surface area contributed by atoms with E-state index in [-0.39, 0.29) is 6.03 Å². The largest absolute Gasteiger partial charge is 0.335 e. The molecule has 2 saturated heterocycles. The quantitative estimate of drug-likeness (QED) is 0.930. The maximum Gasteiger partial charge on any atom is 0.317 e. The third-order valence-corrected chi connectivity index (χ3v) is 5.11. The zero-order valence-electron chi connectivity index (χ0n) is 14.2. The van der Waals surface area contributed by atoms with Gasteiger partial charge in [0.2, 0.25) is 0 Å². The van der Waals surface area contributed by atoms with Gasteiger partial charge in [0, 0.05) is 38.8 Å². The van der Waals surface area contributed by atoms with Gasteiger partial charge in [0.05, 0.1) is 0 Å².